The van der Waals surface area contributed by atoms with E-state index in [1.54, 1.807) is 41.2 Å². The molecule has 2 aromatic heterocycles. The smallest absolute Gasteiger partial charge is 0.170 e. The molecule has 0 bridgehead atoms. The Morgan fingerprint density at radius 2 is 2.32 bits per heavy atom. The summed E-state index contributed by atoms with van der Waals surface area (Å²) in [4.78, 5) is 17.5. The van der Waals surface area contributed by atoms with E-state index >= 15 is 0 Å². The third-order valence-corrected chi connectivity index (χ3v) is 4.47. The monoisotopic (exact) mass is 297 g/mol. The molecular formula is C18H19N3O. The second-order valence-electron chi connectivity index (χ2n) is 5.71. The lowest BCUT2D eigenvalue weighted by molar-refractivity contribution is 0.0888. The second kappa shape index (κ2) is 4.83. The zero-order valence-corrected chi connectivity index (χ0v) is 12.3. The number of para-hydroxylation sites is 1. The van der Waals surface area contributed by atoms with E-state index in [0.29, 0.717) is 28.6 Å². The van der Waals surface area contributed by atoms with E-state index in [-0.39, 0.29) is 18.7 Å². The first-order valence-electron chi connectivity index (χ1n) is 9.38. The second-order valence-corrected chi connectivity index (χ2v) is 5.71. The molecule has 0 radical (unpaired) electrons. The van der Waals surface area contributed by atoms with Crippen LogP contribution < -0.4 is 0 Å². The molecule has 1 atom stereocenters. The number of carbonyl (C=O) groups excluding carboxylic acids is 1. The van der Waals surface area contributed by atoms with Crippen molar-refractivity contribution in [2.75, 3.05) is 0 Å². The van der Waals surface area contributed by atoms with Gasteiger partial charge in [-0.2, -0.15) is 0 Å². The van der Waals surface area contributed by atoms with Gasteiger partial charge in [-0.05, 0) is 25.8 Å². The Labute approximate surface area is 135 Å². The van der Waals surface area contributed by atoms with Crippen molar-refractivity contribution in [2.45, 2.75) is 26.3 Å². The van der Waals surface area contributed by atoms with E-state index in [0.717, 1.165) is 5.82 Å². The molecule has 112 valence electrons. The molecule has 1 aliphatic rings. The molecule has 4 rings (SSSR count). The van der Waals surface area contributed by atoms with Gasteiger partial charge >= 0.3 is 0 Å². The van der Waals surface area contributed by atoms with Gasteiger partial charge in [-0.25, -0.2) is 4.98 Å². The predicted molar refractivity (Wildman–Crippen MR) is 86.0 cm³/mol. The van der Waals surface area contributed by atoms with E-state index in [2.05, 4.69) is 4.98 Å². The predicted octanol–water partition coefficient (Wildman–Crippen LogP) is 3.13. The Kier molecular flexibility index (Phi) is 2.11. The van der Waals surface area contributed by atoms with Crippen molar-refractivity contribution in [1.82, 2.24) is 14.1 Å². The molecule has 0 fully saturated rings. The number of benzene rings is 1. The molecule has 0 saturated heterocycles. The average molecular weight is 297 g/mol. The fourth-order valence-electron chi connectivity index (χ4n) is 3.27. The number of aromatic nitrogens is 3. The van der Waals surface area contributed by atoms with Gasteiger partial charge in [-0.3, -0.25) is 4.79 Å². The number of Topliss-reactive ketones (excluding diaryl/α,β-unsaturated/α-hetero) is 1. The number of fused-ring (bicyclic) bond motifs is 3. The number of carbonyl (C=O) groups is 1. The van der Waals surface area contributed by atoms with Crippen LogP contribution in [0.5, 0.6) is 0 Å². The molecule has 0 amide bonds. The van der Waals surface area contributed by atoms with Crippen molar-refractivity contribution in [3.05, 3.63) is 53.7 Å². The summed E-state index contributed by atoms with van der Waals surface area (Å²) in [7, 11) is 0. The van der Waals surface area contributed by atoms with Crippen molar-refractivity contribution >= 4 is 16.7 Å². The van der Waals surface area contributed by atoms with Crippen LogP contribution in [0.4, 0.5) is 0 Å². The molecule has 1 aliphatic carbocycles. The topological polar surface area (TPSA) is 39.8 Å². The fourth-order valence-corrected chi connectivity index (χ4v) is 3.27. The Morgan fingerprint density at radius 3 is 3.09 bits per heavy atom. The molecule has 0 aliphatic heterocycles. The van der Waals surface area contributed by atoms with Crippen LogP contribution in [0.3, 0.4) is 0 Å². The lowest BCUT2D eigenvalue weighted by Gasteiger charge is -2.23. The Bertz CT molecular complexity index is 1020. The van der Waals surface area contributed by atoms with Crippen molar-refractivity contribution in [2.24, 2.45) is 12.9 Å². The summed E-state index contributed by atoms with van der Waals surface area (Å²) >= 11 is 0. The van der Waals surface area contributed by atoms with Gasteiger partial charge in [-0.15, -0.1) is 0 Å². The molecule has 4 nitrogen and oxygen atoms in total. The van der Waals surface area contributed by atoms with Gasteiger partial charge in [0.2, 0.25) is 0 Å². The van der Waals surface area contributed by atoms with Gasteiger partial charge in [-0.1, -0.05) is 18.2 Å². The van der Waals surface area contributed by atoms with E-state index in [1.807, 2.05) is 6.92 Å². The van der Waals surface area contributed by atoms with E-state index in [1.165, 1.54) is 4.57 Å². The van der Waals surface area contributed by atoms with Crippen LogP contribution in [0.15, 0.2) is 36.7 Å². The van der Waals surface area contributed by atoms with E-state index < -0.39 is 12.9 Å². The summed E-state index contributed by atoms with van der Waals surface area (Å²) in [6.07, 6.45) is 4.08. The molecule has 1 aromatic carbocycles. The van der Waals surface area contributed by atoms with Gasteiger partial charge in [0.1, 0.15) is 5.82 Å². The molecular weight excluding hydrogens is 274 g/mol. The number of rotatable bonds is 2. The van der Waals surface area contributed by atoms with E-state index in [4.69, 9.17) is 5.48 Å². The van der Waals surface area contributed by atoms with Crippen LogP contribution in [0.25, 0.3) is 10.9 Å². The maximum atomic E-state index is 13.3. The van der Waals surface area contributed by atoms with Gasteiger partial charge in [0.05, 0.1) is 0 Å². The molecule has 4 heteroatoms. The maximum absolute atomic E-state index is 13.3. The van der Waals surface area contributed by atoms with Crippen LogP contribution in [0.1, 0.15) is 33.8 Å². The normalized spacial score (nSPS) is 24.5. The highest BCUT2D eigenvalue weighted by molar-refractivity contribution is 6.11. The largest absolute Gasteiger partial charge is 0.347 e. The molecule has 3 aromatic rings. The summed E-state index contributed by atoms with van der Waals surface area (Å²) in [5, 5.41) is 0.613. The third kappa shape index (κ3) is 1.83. The minimum Gasteiger partial charge on any atom is -0.347 e. The maximum Gasteiger partial charge on any atom is 0.170 e. The first-order valence-corrected chi connectivity index (χ1v) is 7.38. The van der Waals surface area contributed by atoms with Crippen molar-refractivity contribution in [3.63, 3.8) is 0 Å². The zero-order chi connectivity index (χ0) is 18.7. The third-order valence-electron chi connectivity index (χ3n) is 4.47. The number of imidazole rings is 1. The van der Waals surface area contributed by atoms with E-state index in [9.17, 15) is 4.79 Å². The molecule has 0 N–H and O–H groups in total. The lowest BCUT2D eigenvalue weighted by Crippen LogP contribution is -2.27. The quantitative estimate of drug-likeness (QED) is 0.729. The van der Waals surface area contributed by atoms with Gasteiger partial charge < -0.3 is 9.13 Å². The van der Waals surface area contributed by atoms with Crippen molar-refractivity contribution in [3.8, 4) is 0 Å². The number of hydrogen-bond donors (Lipinski definition) is 0. The minimum atomic E-state index is -2.36. The standard InChI is InChI=1S/C18H19N3O/c1-12-19-9-10-21(12)11-13-7-8-16-17(18(13)22)14-5-3-4-6-15(14)20(16)2/h3-6,9-10,13H,7-8,11H2,1-2H3/i2D3,13D. The number of hydrogen-bond acceptors (Lipinski definition) is 2. The summed E-state index contributed by atoms with van der Waals surface area (Å²) in [5.74, 6) is -0.895. The Morgan fingerprint density at radius 1 is 1.45 bits per heavy atom. The molecule has 0 spiro atoms. The van der Waals surface area contributed by atoms with Crippen molar-refractivity contribution in [1.29, 1.82) is 0 Å². The highest BCUT2D eigenvalue weighted by atomic mass is 16.1. The molecule has 22 heavy (non-hydrogen) atoms. The molecule has 2 heterocycles. The summed E-state index contributed by atoms with van der Waals surface area (Å²) in [6, 6.07) is 7.05. The number of aryl methyl sites for hydroxylation is 2. The fraction of sp³-hybridized carbons (Fsp3) is 0.333. The van der Waals surface area contributed by atoms with Crippen molar-refractivity contribution < 1.29 is 10.3 Å². The Balaban J connectivity index is 1.88. The summed E-state index contributed by atoms with van der Waals surface area (Å²) < 4.78 is 35.6. The first-order chi connectivity index (χ1) is 12.2. The highest BCUT2D eigenvalue weighted by Gasteiger charge is 2.32. The lowest BCUT2D eigenvalue weighted by atomic mass is 9.85. The Hall–Kier alpha value is -2.36. The number of ketones is 1. The van der Waals surface area contributed by atoms with Crippen LogP contribution in [-0.2, 0) is 19.9 Å². The van der Waals surface area contributed by atoms with Crippen LogP contribution >= 0.6 is 0 Å². The minimum absolute atomic E-state index is 0.213. The van der Waals surface area contributed by atoms with Crippen LogP contribution in [0.2, 0.25) is 0 Å². The molecule has 0 saturated carbocycles. The average Bonchev–Trinajstić information content (AvgIpc) is 3.12. The van der Waals surface area contributed by atoms with Gasteiger partial charge in [0.25, 0.3) is 0 Å². The summed E-state index contributed by atoms with van der Waals surface area (Å²) in [6.45, 7) is -0.316. The van der Waals surface area contributed by atoms with Crippen LogP contribution in [0, 0.1) is 12.8 Å². The zero-order valence-electron chi connectivity index (χ0n) is 16.3. The highest BCUT2D eigenvalue weighted by Crippen LogP contribution is 2.34. The SMILES string of the molecule is [2H]C1(Cn2ccnc2C)CCc2c(c3ccccc3n2C([2H])([2H])[2H])C1=O. The van der Waals surface area contributed by atoms with Crippen LogP contribution in [-0.4, -0.2) is 19.9 Å². The number of nitrogens with zero attached hydrogens (tertiary/aromatic N) is 3. The first kappa shape index (κ1) is 9.62. The van der Waals surface area contributed by atoms with Gasteiger partial charge in [0.15, 0.2) is 5.78 Å². The van der Waals surface area contributed by atoms with Gasteiger partial charge in [0, 0.05) is 59.5 Å². The summed E-state index contributed by atoms with van der Waals surface area (Å²) in [5.41, 5.74) is 1.42. The molecule has 1 unspecified atom stereocenters.